The predicted molar refractivity (Wildman–Crippen MR) is 133 cm³/mol. The maximum absolute atomic E-state index is 8.50. The van der Waals surface area contributed by atoms with Gasteiger partial charge in [-0.2, -0.15) is 0 Å². The molecule has 6 rings (SSSR count). The van der Waals surface area contributed by atoms with Gasteiger partial charge in [0.1, 0.15) is 0 Å². The van der Waals surface area contributed by atoms with E-state index in [0.29, 0.717) is 0 Å². The van der Waals surface area contributed by atoms with Crippen molar-refractivity contribution in [3.05, 3.63) is 82.9 Å². The molecule has 0 aliphatic heterocycles. The maximum Gasteiger partial charge on any atom is 0.197 e. The van der Waals surface area contributed by atoms with Crippen LogP contribution < -0.4 is 10.6 Å². The van der Waals surface area contributed by atoms with Gasteiger partial charge in [0.15, 0.2) is 5.96 Å². The minimum absolute atomic E-state index is 0.0483. The van der Waals surface area contributed by atoms with Gasteiger partial charge in [0, 0.05) is 9.65 Å². The largest absolute Gasteiger partial charge is 0.369 e. The van der Waals surface area contributed by atoms with Crippen molar-refractivity contribution in [1.29, 1.82) is 5.41 Å². The fourth-order valence-electron chi connectivity index (χ4n) is 5.27. The van der Waals surface area contributed by atoms with Crippen LogP contribution in [0.4, 0.5) is 11.4 Å². The maximum atomic E-state index is 8.50. The zero-order chi connectivity index (χ0) is 20.6. The number of nitrogens with two attached hydrogens (primary N) is 1. The number of hydrogen-bond donors (Lipinski definition) is 2. The molecule has 4 aromatic carbocycles. The first-order valence-corrected chi connectivity index (χ1v) is 11.9. The smallest absolute Gasteiger partial charge is 0.197 e. The van der Waals surface area contributed by atoms with E-state index in [9.17, 15) is 0 Å². The molecule has 0 fully saturated rings. The number of nitrogens with one attached hydrogen (secondary N) is 1. The standard InChI is InChI=1S/C25H19Br2N3/c26-19-11-17-21(9-7-13-3-1-5-15(19)23(13)17)30(25(28)29)22-10-8-14-4-2-6-16-20(27)12-18(22)24(14)16/h1-10,19-20H,11-12H2,(H3,28,29). The molecule has 0 radical (unpaired) electrons. The van der Waals surface area contributed by atoms with Crippen molar-refractivity contribution in [3.8, 4) is 0 Å². The van der Waals surface area contributed by atoms with E-state index < -0.39 is 0 Å². The summed E-state index contributed by atoms with van der Waals surface area (Å²) >= 11 is 7.71. The van der Waals surface area contributed by atoms with E-state index in [0.717, 1.165) is 24.2 Å². The Kier molecular flexibility index (Phi) is 4.03. The van der Waals surface area contributed by atoms with E-state index in [-0.39, 0.29) is 15.6 Å². The number of guanidine groups is 1. The number of alkyl halides is 2. The number of benzene rings is 4. The minimum Gasteiger partial charge on any atom is -0.369 e. The minimum atomic E-state index is 0.0483. The van der Waals surface area contributed by atoms with Crippen LogP contribution >= 0.6 is 31.9 Å². The first kappa shape index (κ1) is 18.4. The number of halogens is 2. The Morgan fingerprint density at radius 2 is 1.23 bits per heavy atom. The van der Waals surface area contributed by atoms with Crippen molar-refractivity contribution < 1.29 is 0 Å². The zero-order valence-corrected chi connectivity index (χ0v) is 19.3. The normalized spacial score (nSPS) is 19.0. The van der Waals surface area contributed by atoms with E-state index in [1.165, 1.54) is 43.8 Å². The van der Waals surface area contributed by atoms with Crippen LogP contribution in [0, 0.1) is 5.41 Å². The highest BCUT2D eigenvalue weighted by molar-refractivity contribution is 9.09. The molecular formula is C25H19Br2N3. The summed E-state index contributed by atoms with van der Waals surface area (Å²) in [4.78, 5) is 2.51. The highest BCUT2D eigenvalue weighted by Crippen LogP contribution is 2.50. The quantitative estimate of drug-likeness (QED) is 0.170. The van der Waals surface area contributed by atoms with Crippen LogP contribution in [-0.4, -0.2) is 5.96 Å². The molecule has 148 valence electrons. The van der Waals surface area contributed by atoms with E-state index >= 15 is 0 Å². The third-order valence-electron chi connectivity index (χ3n) is 6.49. The van der Waals surface area contributed by atoms with Crippen LogP contribution in [0.2, 0.25) is 0 Å². The van der Waals surface area contributed by atoms with E-state index in [4.69, 9.17) is 11.1 Å². The van der Waals surface area contributed by atoms with Gasteiger partial charge in [-0.05, 0) is 68.8 Å². The van der Waals surface area contributed by atoms with Crippen molar-refractivity contribution in [1.82, 2.24) is 0 Å². The number of hydrogen-bond acceptors (Lipinski definition) is 1. The molecule has 0 saturated heterocycles. The lowest BCUT2D eigenvalue weighted by Gasteiger charge is -2.27. The molecule has 30 heavy (non-hydrogen) atoms. The second kappa shape index (κ2) is 6.56. The molecule has 0 aromatic heterocycles. The Balaban J connectivity index is 1.63. The Hall–Kier alpha value is -2.37. The van der Waals surface area contributed by atoms with Crippen LogP contribution in [0.3, 0.4) is 0 Å². The first-order valence-electron chi connectivity index (χ1n) is 10.1. The molecule has 0 amide bonds. The van der Waals surface area contributed by atoms with Crippen LogP contribution in [0.15, 0.2) is 60.7 Å². The Morgan fingerprint density at radius 1 is 0.767 bits per heavy atom. The molecule has 0 saturated carbocycles. The van der Waals surface area contributed by atoms with Crippen molar-refractivity contribution in [2.75, 3.05) is 4.90 Å². The van der Waals surface area contributed by atoms with Crippen LogP contribution in [0.5, 0.6) is 0 Å². The SMILES string of the molecule is N=C(N)N(c1ccc2cccc3c2c1CC3Br)c1ccc2cccc3c2c1CC3Br. The van der Waals surface area contributed by atoms with Crippen molar-refractivity contribution in [2.24, 2.45) is 5.73 Å². The topological polar surface area (TPSA) is 53.1 Å². The van der Waals surface area contributed by atoms with Gasteiger partial charge in [-0.15, -0.1) is 0 Å². The summed E-state index contributed by atoms with van der Waals surface area (Å²) in [6.45, 7) is 0. The molecule has 3 N–H and O–H groups in total. The number of rotatable bonds is 2. The fraction of sp³-hybridized carbons (Fsp3) is 0.160. The Morgan fingerprint density at radius 3 is 1.67 bits per heavy atom. The zero-order valence-electron chi connectivity index (χ0n) is 16.1. The van der Waals surface area contributed by atoms with Gasteiger partial charge < -0.3 is 5.73 Å². The molecule has 2 unspecified atom stereocenters. The van der Waals surface area contributed by atoms with Gasteiger partial charge in [0.25, 0.3) is 0 Å². The molecule has 5 heteroatoms. The second-order valence-corrected chi connectivity index (χ2v) is 10.3. The average Bonchev–Trinajstić information content (AvgIpc) is 3.26. The highest BCUT2D eigenvalue weighted by atomic mass is 79.9. The monoisotopic (exact) mass is 519 g/mol. The summed E-state index contributed by atoms with van der Waals surface area (Å²) in [6, 6.07) is 21.5. The molecule has 2 aliphatic carbocycles. The van der Waals surface area contributed by atoms with Gasteiger partial charge in [-0.25, -0.2) is 0 Å². The first-order chi connectivity index (χ1) is 14.5. The van der Waals surface area contributed by atoms with E-state index in [1.54, 1.807) is 0 Å². The predicted octanol–water partition coefficient (Wildman–Crippen LogP) is 7.01. The van der Waals surface area contributed by atoms with Crippen molar-refractivity contribution in [3.63, 3.8) is 0 Å². The second-order valence-electron chi connectivity index (χ2n) is 8.08. The highest BCUT2D eigenvalue weighted by Gasteiger charge is 2.31. The van der Waals surface area contributed by atoms with Gasteiger partial charge >= 0.3 is 0 Å². The summed E-state index contributed by atoms with van der Waals surface area (Å²) in [5, 5.41) is 13.6. The molecule has 0 heterocycles. The Labute approximate surface area is 191 Å². The fourth-order valence-corrected chi connectivity index (χ4v) is 6.68. The molecule has 3 nitrogen and oxygen atoms in total. The van der Waals surface area contributed by atoms with Crippen LogP contribution in [0.1, 0.15) is 31.9 Å². The third kappa shape index (κ3) is 2.45. The summed E-state index contributed by atoms with van der Waals surface area (Å²) in [5.74, 6) is 0.0483. The Bertz CT molecular complexity index is 1280. The molecule has 2 aliphatic rings. The van der Waals surface area contributed by atoms with Crippen LogP contribution in [0.25, 0.3) is 21.5 Å². The van der Waals surface area contributed by atoms with E-state index in [1.807, 2.05) is 4.90 Å². The van der Waals surface area contributed by atoms with Gasteiger partial charge in [0.2, 0.25) is 0 Å². The molecule has 0 bridgehead atoms. The van der Waals surface area contributed by atoms with Gasteiger partial charge in [-0.3, -0.25) is 10.3 Å². The third-order valence-corrected chi connectivity index (χ3v) is 8.12. The molecule has 2 atom stereocenters. The molecular weight excluding hydrogens is 502 g/mol. The number of anilines is 2. The summed E-state index contributed by atoms with van der Waals surface area (Å²) < 4.78 is 0. The van der Waals surface area contributed by atoms with E-state index in [2.05, 4.69) is 92.5 Å². The molecule has 0 spiro atoms. The van der Waals surface area contributed by atoms with Crippen LogP contribution in [-0.2, 0) is 12.8 Å². The average molecular weight is 521 g/mol. The summed E-state index contributed by atoms with van der Waals surface area (Å²) in [6.07, 6.45) is 1.79. The lowest BCUT2D eigenvalue weighted by molar-refractivity contribution is 0.996. The lowest BCUT2D eigenvalue weighted by atomic mass is 10.00. The van der Waals surface area contributed by atoms with Gasteiger partial charge in [0.05, 0.1) is 11.4 Å². The number of nitrogens with zero attached hydrogens (tertiary/aromatic N) is 1. The summed E-state index contributed by atoms with van der Waals surface area (Å²) in [7, 11) is 0. The van der Waals surface area contributed by atoms with Crippen molar-refractivity contribution in [2.45, 2.75) is 22.5 Å². The van der Waals surface area contributed by atoms with Crippen molar-refractivity contribution >= 4 is 70.7 Å². The van der Waals surface area contributed by atoms with Gasteiger partial charge in [-0.1, -0.05) is 80.4 Å². The lowest BCUT2D eigenvalue weighted by Crippen LogP contribution is -2.33. The molecule has 4 aromatic rings. The summed E-state index contributed by atoms with van der Waals surface area (Å²) in [5.41, 5.74) is 13.4.